The molecule has 1 saturated carbocycles. The summed E-state index contributed by atoms with van der Waals surface area (Å²) in [7, 11) is 0. The van der Waals surface area contributed by atoms with Crippen molar-refractivity contribution in [3.63, 3.8) is 0 Å². The van der Waals surface area contributed by atoms with E-state index in [2.05, 4.69) is 25.1 Å². The Labute approximate surface area is 153 Å². The molecule has 25 heavy (non-hydrogen) atoms. The van der Waals surface area contributed by atoms with Gasteiger partial charge in [0.1, 0.15) is 0 Å². The number of guanidine groups is 1. The van der Waals surface area contributed by atoms with Crippen molar-refractivity contribution in [2.75, 3.05) is 37.6 Å². The second-order valence-corrected chi connectivity index (χ2v) is 7.55. The molecular formula is C17H28N6OS. The Morgan fingerprint density at radius 2 is 2.04 bits per heavy atom. The average Bonchev–Trinajstić information content (AvgIpc) is 3.17. The van der Waals surface area contributed by atoms with Crippen molar-refractivity contribution in [2.24, 2.45) is 10.7 Å². The third-order valence-corrected chi connectivity index (χ3v) is 5.71. The van der Waals surface area contributed by atoms with Crippen LogP contribution in [0.2, 0.25) is 0 Å². The van der Waals surface area contributed by atoms with Gasteiger partial charge in [-0.2, -0.15) is 0 Å². The summed E-state index contributed by atoms with van der Waals surface area (Å²) in [5, 5.41) is 6.18. The fraction of sp³-hybridized carbons (Fsp3) is 0.706. The number of aliphatic imine (C=N–C) groups is 1. The average molecular weight is 365 g/mol. The first-order chi connectivity index (χ1) is 12.2. The predicted octanol–water partition coefficient (Wildman–Crippen LogP) is 1.42. The first-order valence-electron chi connectivity index (χ1n) is 9.21. The van der Waals surface area contributed by atoms with E-state index in [9.17, 15) is 4.79 Å². The molecule has 3 rings (SSSR count). The maximum atomic E-state index is 12.0. The number of thiazole rings is 1. The number of nitrogens with zero attached hydrogens (tertiary/aromatic N) is 4. The maximum Gasteiger partial charge on any atom is 0.222 e. The number of nitrogens with one attached hydrogen (secondary N) is 1. The number of aromatic nitrogens is 1. The third kappa shape index (κ3) is 5.32. The molecule has 3 N–H and O–H groups in total. The Bertz CT molecular complexity index is 562. The molecule has 8 heteroatoms. The Kier molecular flexibility index (Phi) is 6.49. The first-order valence-corrected chi connectivity index (χ1v) is 10.1. The van der Waals surface area contributed by atoms with E-state index in [1.165, 1.54) is 19.3 Å². The van der Waals surface area contributed by atoms with Crippen molar-refractivity contribution in [1.29, 1.82) is 0 Å². The van der Waals surface area contributed by atoms with Crippen LogP contribution in [0.3, 0.4) is 0 Å². The minimum atomic E-state index is 0.0945. The van der Waals surface area contributed by atoms with E-state index < -0.39 is 0 Å². The van der Waals surface area contributed by atoms with Gasteiger partial charge in [-0.15, -0.1) is 11.3 Å². The molecular weight excluding hydrogens is 336 g/mol. The van der Waals surface area contributed by atoms with Crippen LogP contribution in [0.4, 0.5) is 5.13 Å². The molecule has 2 heterocycles. The number of piperazine rings is 1. The van der Waals surface area contributed by atoms with Crippen molar-refractivity contribution >= 4 is 28.3 Å². The largest absolute Gasteiger partial charge is 0.370 e. The van der Waals surface area contributed by atoms with Crippen molar-refractivity contribution in [1.82, 2.24) is 15.2 Å². The second kappa shape index (κ2) is 9.03. The summed E-state index contributed by atoms with van der Waals surface area (Å²) in [6.07, 6.45) is 8.22. The van der Waals surface area contributed by atoms with Crippen LogP contribution in [0.1, 0.15) is 38.5 Å². The lowest BCUT2D eigenvalue weighted by atomic mass is 9.95. The van der Waals surface area contributed by atoms with E-state index in [4.69, 9.17) is 5.73 Å². The van der Waals surface area contributed by atoms with Crippen molar-refractivity contribution in [2.45, 2.75) is 44.6 Å². The van der Waals surface area contributed by atoms with Gasteiger partial charge in [0.05, 0.1) is 6.54 Å². The number of nitrogens with two attached hydrogens (primary N) is 1. The number of carbonyl (C=O) groups excluding carboxylic acids is 1. The Morgan fingerprint density at radius 1 is 1.28 bits per heavy atom. The highest BCUT2D eigenvalue weighted by Crippen LogP contribution is 2.19. The number of hydrogen-bond acceptors (Lipinski definition) is 5. The zero-order valence-corrected chi connectivity index (χ0v) is 15.5. The second-order valence-electron chi connectivity index (χ2n) is 6.68. The summed E-state index contributed by atoms with van der Waals surface area (Å²) < 4.78 is 0. The van der Waals surface area contributed by atoms with Gasteiger partial charge in [0.15, 0.2) is 11.1 Å². The van der Waals surface area contributed by atoms with E-state index in [1.54, 1.807) is 11.3 Å². The van der Waals surface area contributed by atoms with Gasteiger partial charge >= 0.3 is 0 Å². The molecule has 0 bridgehead atoms. The zero-order valence-electron chi connectivity index (χ0n) is 14.7. The molecule has 1 saturated heterocycles. The first kappa shape index (κ1) is 18.0. The lowest BCUT2D eigenvalue weighted by molar-refractivity contribution is -0.121. The lowest BCUT2D eigenvalue weighted by Crippen LogP contribution is -2.51. The Morgan fingerprint density at radius 3 is 2.72 bits per heavy atom. The maximum absolute atomic E-state index is 12.0. The monoisotopic (exact) mass is 364 g/mol. The number of hydrogen-bond donors (Lipinski definition) is 2. The zero-order chi connectivity index (χ0) is 17.5. The van der Waals surface area contributed by atoms with Gasteiger partial charge in [0.25, 0.3) is 0 Å². The van der Waals surface area contributed by atoms with Gasteiger partial charge < -0.3 is 20.9 Å². The smallest absolute Gasteiger partial charge is 0.222 e. The van der Waals surface area contributed by atoms with E-state index >= 15 is 0 Å². The Hall–Kier alpha value is -1.83. The molecule has 1 aromatic rings. The molecule has 138 valence electrons. The van der Waals surface area contributed by atoms with Crippen molar-refractivity contribution in [3.8, 4) is 0 Å². The highest BCUT2D eigenvalue weighted by Gasteiger charge is 2.20. The van der Waals surface area contributed by atoms with E-state index in [-0.39, 0.29) is 5.91 Å². The molecule has 1 aliphatic carbocycles. The molecule has 2 fully saturated rings. The number of rotatable bonds is 5. The molecule has 1 aromatic heterocycles. The van der Waals surface area contributed by atoms with Crippen LogP contribution in [-0.2, 0) is 4.79 Å². The summed E-state index contributed by atoms with van der Waals surface area (Å²) in [6.45, 7) is 3.92. The highest BCUT2D eigenvalue weighted by atomic mass is 32.1. The molecule has 0 radical (unpaired) electrons. The van der Waals surface area contributed by atoms with E-state index in [0.717, 1.165) is 44.2 Å². The van der Waals surface area contributed by atoms with Crippen LogP contribution in [0, 0.1) is 0 Å². The van der Waals surface area contributed by atoms with Crippen LogP contribution in [-0.4, -0.2) is 60.5 Å². The summed E-state index contributed by atoms with van der Waals surface area (Å²) in [5.74, 6) is 0.640. The quantitative estimate of drug-likeness (QED) is 0.609. The molecule has 0 atom stereocenters. The fourth-order valence-corrected chi connectivity index (χ4v) is 4.11. The molecule has 1 amide bonds. The van der Waals surface area contributed by atoms with Crippen LogP contribution in [0.5, 0.6) is 0 Å². The van der Waals surface area contributed by atoms with Crippen molar-refractivity contribution in [3.05, 3.63) is 11.6 Å². The SMILES string of the molecule is NC(=NCCC(=O)NC1CCCCC1)N1CCN(c2nccs2)CC1. The third-order valence-electron chi connectivity index (χ3n) is 4.88. The molecule has 7 nitrogen and oxygen atoms in total. The van der Waals surface area contributed by atoms with Gasteiger partial charge in [-0.25, -0.2) is 4.98 Å². The Balaban J connectivity index is 1.36. The van der Waals surface area contributed by atoms with Crippen LogP contribution in [0.25, 0.3) is 0 Å². The van der Waals surface area contributed by atoms with Crippen LogP contribution in [0.15, 0.2) is 16.6 Å². The predicted molar refractivity (Wildman–Crippen MR) is 102 cm³/mol. The molecule has 2 aliphatic rings. The standard InChI is InChI=1S/C17H28N6OS/c18-16(19-7-6-15(24)21-14-4-2-1-3-5-14)22-9-11-23(12-10-22)17-20-8-13-25-17/h8,13-14H,1-7,9-12H2,(H2,18,19)(H,21,24). The normalized spacial score (nSPS) is 19.9. The highest BCUT2D eigenvalue weighted by molar-refractivity contribution is 7.13. The minimum Gasteiger partial charge on any atom is -0.370 e. The fourth-order valence-electron chi connectivity index (χ4n) is 3.42. The van der Waals surface area contributed by atoms with Gasteiger partial charge in [0.2, 0.25) is 5.91 Å². The van der Waals surface area contributed by atoms with E-state index in [1.807, 2.05) is 11.6 Å². The molecule has 1 aliphatic heterocycles. The number of amides is 1. The molecule has 0 unspecified atom stereocenters. The number of carbonyl (C=O) groups is 1. The van der Waals surface area contributed by atoms with Gasteiger partial charge in [0, 0.05) is 50.2 Å². The lowest BCUT2D eigenvalue weighted by Gasteiger charge is -2.35. The summed E-state index contributed by atoms with van der Waals surface area (Å²) in [4.78, 5) is 25.1. The van der Waals surface area contributed by atoms with Crippen LogP contribution < -0.4 is 16.0 Å². The van der Waals surface area contributed by atoms with Crippen LogP contribution >= 0.6 is 11.3 Å². The summed E-state index contributed by atoms with van der Waals surface area (Å²) >= 11 is 1.66. The van der Waals surface area contributed by atoms with Gasteiger partial charge in [-0.3, -0.25) is 9.79 Å². The van der Waals surface area contributed by atoms with Gasteiger partial charge in [-0.05, 0) is 12.8 Å². The van der Waals surface area contributed by atoms with E-state index in [0.29, 0.717) is 25.0 Å². The topological polar surface area (TPSA) is 86.8 Å². The number of anilines is 1. The molecule has 0 spiro atoms. The van der Waals surface area contributed by atoms with Crippen molar-refractivity contribution < 1.29 is 4.79 Å². The summed E-state index contributed by atoms with van der Waals surface area (Å²) in [5.41, 5.74) is 6.10. The molecule has 0 aromatic carbocycles. The van der Waals surface area contributed by atoms with Gasteiger partial charge in [-0.1, -0.05) is 19.3 Å². The minimum absolute atomic E-state index is 0.0945. The summed E-state index contributed by atoms with van der Waals surface area (Å²) in [6, 6.07) is 0.363.